The first-order chi connectivity index (χ1) is 11.9. The van der Waals surface area contributed by atoms with E-state index in [4.69, 9.17) is 22.3 Å². The van der Waals surface area contributed by atoms with Crippen LogP contribution in [0.3, 0.4) is 0 Å². The second kappa shape index (κ2) is 7.44. The minimum Gasteiger partial charge on any atom is -0.346 e. The van der Waals surface area contributed by atoms with Crippen molar-refractivity contribution in [3.8, 4) is 11.3 Å². The monoisotopic (exact) mass is 377 g/mol. The minimum atomic E-state index is -0.724. The first-order valence-corrected chi connectivity index (χ1v) is 9.91. The maximum atomic E-state index is 12.6. The molecule has 0 bridgehead atoms. The molecule has 6 heteroatoms. The number of thiazole rings is 1. The second-order valence-corrected chi connectivity index (χ2v) is 8.55. The standard InChI is InChI=1S/C19H24ClN3OS/c1-12(22-18(24)19(21)10-4-3-5-11-19)17-23-16(13(2)25-17)14-6-8-15(20)9-7-14/h6-9,12H,3-5,10-11,21H2,1-2H3,(H,22,24). The Kier molecular flexibility index (Phi) is 5.46. The van der Waals surface area contributed by atoms with Crippen molar-refractivity contribution in [1.82, 2.24) is 10.3 Å². The van der Waals surface area contributed by atoms with Gasteiger partial charge in [0.1, 0.15) is 5.01 Å². The van der Waals surface area contributed by atoms with Gasteiger partial charge in [-0.2, -0.15) is 0 Å². The van der Waals surface area contributed by atoms with Crippen LogP contribution in [0.1, 0.15) is 55.0 Å². The molecule has 1 fully saturated rings. The van der Waals surface area contributed by atoms with Crippen molar-refractivity contribution in [2.45, 2.75) is 57.5 Å². The summed E-state index contributed by atoms with van der Waals surface area (Å²) in [6.07, 6.45) is 4.74. The maximum absolute atomic E-state index is 12.6. The van der Waals surface area contributed by atoms with Crippen molar-refractivity contribution in [1.29, 1.82) is 0 Å². The summed E-state index contributed by atoms with van der Waals surface area (Å²) in [4.78, 5) is 18.5. The molecule has 0 saturated heterocycles. The van der Waals surface area contributed by atoms with Gasteiger partial charge in [0.2, 0.25) is 5.91 Å². The average Bonchev–Trinajstić information content (AvgIpc) is 2.98. The predicted molar refractivity (Wildman–Crippen MR) is 104 cm³/mol. The summed E-state index contributed by atoms with van der Waals surface area (Å²) in [7, 11) is 0. The predicted octanol–water partition coefficient (Wildman–Crippen LogP) is 4.61. The Labute approximate surface area is 157 Å². The molecule has 1 atom stereocenters. The highest BCUT2D eigenvalue weighted by atomic mass is 35.5. The van der Waals surface area contributed by atoms with Gasteiger partial charge < -0.3 is 11.1 Å². The zero-order valence-corrected chi connectivity index (χ0v) is 16.2. The largest absolute Gasteiger partial charge is 0.346 e. The lowest BCUT2D eigenvalue weighted by Crippen LogP contribution is -2.55. The number of rotatable bonds is 4. The van der Waals surface area contributed by atoms with E-state index in [2.05, 4.69) is 5.32 Å². The Bertz CT molecular complexity index is 751. The van der Waals surface area contributed by atoms with E-state index in [-0.39, 0.29) is 11.9 Å². The molecular weight excluding hydrogens is 354 g/mol. The molecule has 1 aromatic heterocycles. The molecule has 2 aromatic rings. The highest BCUT2D eigenvalue weighted by Crippen LogP contribution is 2.32. The first kappa shape index (κ1) is 18.4. The van der Waals surface area contributed by atoms with Gasteiger partial charge in [0.05, 0.1) is 17.3 Å². The van der Waals surface area contributed by atoms with Crippen LogP contribution < -0.4 is 11.1 Å². The van der Waals surface area contributed by atoms with Crippen molar-refractivity contribution in [2.75, 3.05) is 0 Å². The highest BCUT2D eigenvalue weighted by Gasteiger charge is 2.36. The molecule has 25 heavy (non-hydrogen) atoms. The molecule has 1 aliphatic rings. The normalized spacial score (nSPS) is 17.9. The Morgan fingerprint density at radius 2 is 1.92 bits per heavy atom. The fraction of sp³-hybridized carbons (Fsp3) is 0.474. The molecule has 1 saturated carbocycles. The summed E-state index contributed by atoms with van der Waals surface area (Å²) in [5.74, 6) is -0.0550. The molecule has 1 unspecified atom stereocenters. The van der Waals surface area contributed by atoms with Crippen LogP contribution in [0.4, 0.5) is 0 Å². The van der Waals surface area contributed by atoms with Crippen LogP contribution in [0.2, 0.25) is 5.02 Å². The number of amides is 1. The van der Waals surface area contributed by atoms with E-state index in [9.17, 15) is 4.79 Å². The van der Waals surface area contributed by atoms with Gasteiger partial charge in [0, 0.05) is 15.5 Å². The highest BCUT2D eigenvalue weighted by molar-refractivity contribution is 7.12. The lowest BCUT2D eigenvalue weighted by Gasteiger charge is -2.32. The quantitative estimate of drug-likeness (QED) is 0.817. The lowest BCUT2D eigenvalue weighted by atomic mass is 9.82. The van der Waals surface area contributed by atoms with E-state index in [0.29, 0.717) is 5.02 Å². The molecule has 134 valence electrons. The molecule has 0 radical (unpaired) electrons. The van der Waals surface area contributed by atoms with Crippen LogP contribution >= 0.6 is 22.9 Å². The molecule has 1 amide bonds. The molecule has 1 aliphatic carbocycles. The van der Waals surface area contributed by atoms with Crippen molar-refractivity contribution in [3.05, 3.63) is 39.2 Å². The molecule has 4 nitrogen and oxygen atoms in total. The van der Waals surface area contributed by atoms with Crippen molar-refractivity contribution < 1.29 is 4.79 Å². The molecular formula is C19H24ClN3OS. The summed E-state index contributed by atoms with van der Waals surface area (Å²) in [6, 6.07) is 7.51. The number of benzene rings is 1. The molecule has 1 heterocycles. The smallest absolute Gasteiger partial charge is 0.240 e. The van der Waals surface area contributed by atoms with Crippen molar-refractivity contribution in [2.24, 2.45) is 5.73 Å². The molecule has 0 spiro atoms. The Morgan fingerprint density at radius 1 is 1.28 bits per heavy atom. The molecule has 3 rings (SSSR count). The SMILES string of the molecule is Cc1sc(C(C)NC(=O)C2(N)CCCCC2)nc1-c1ccc(Cl)cc1. The summed E-state index contributed by atoms with van der Waals surface area (Å²) in [5.41, 5.74) is 7.58. The van der Waals surface area contributed by atoms with Gasteiger partial charge >= 0.3 is 0 Å². The first-order valence-electron chi connectivity index (χ1n) is 8.72. The average molecular weight is 378 g/mol. The third-order valence-corrected chi connectivity index (χ3v) is 6.25. The van der Waals surface area contributed by atoms with Crippen molar-refractivity contribution >= 4 is 28.8 Å². The van der Waals surface area contributed by atoms with Gasteiger partial charge in [0.15, 0.2) is 0 Å². The summed E-state index contributed by atoms with van der Waals surface area (Å²) < 4.78 is 0. The van der Waals surface area contributed by atoms with Gasteiger partial charge in [-0.3, -0.25) is 4.79 Å². The van der Waals surface area contributed by atoms with Crippen LogP contribution in [0, 0.1) is 6.92 Å². The number of hydrogen-bond acceptors (Lipinski definition) is 4. The zero-order chi connectivity index (χ0) is 18.0. The maximum Gasteiger partial charge on any atom is 0.240 e. The second-order valence-electron chi connectivity index (χ2n) is 6.88. The van der Waals surface area contributed by atoms with Crippen LogP contribution in [0.5, 0.6) is 0 Å². The van der Waals surface area contributed by atoms with Crippen LogP contribution in [-0.2, 0) is 4.79 Å². The number of carbonyl (C=O) groups is 1. The minimum absolute atomic E-state index is 0.0550. The molecule has 1 aromatic carbocycles. The fourth-order valence-corrected chi connectivity index (χ4v) is 4.36. The van der Waals surface area contributed by atoms with E-state index in [1.54, 1.807) is 11.3 Å². The fourth-order valence-electron chi connectivity index (χ4n) is 3.29. The number of nitrogens with zero attached hydrogens (tertiary/aromatic N) is 1. The van der Waals surface area contributed by atoms with E-state index in [1.165, 1.54) is 0 Å². The van der Waals surface area contributed by atoms with Gasteiger partial charge in [-0.25, -0.2) is 4.98 Å². The van der Waals surface area contributed by atoms with Gasteiger partial charge in [0.25, 0.3) is 0 Å². The van der Waals surface area contributed by atoms with E-state index in [1.807, 2.05) is 38.1 Å². The Morgan fingerprint density at radius 3 is 2.56 bits per heavy atom. The zero-order valence-electron chi connectivity index (χ0n) is 14.6. The van der Waals surface area contributed by atoms with E-state index < -0.39 is 5.54 Å². The van der Waals surface area contributed by atoms with E-state index >= 15 is 0 Å². The van der Waals surface area contributed by atoms with Gasteiger partial charge in [-0.15, -0.1) is 11.3 Å². The summed E-state index contributed by atoms with van der Waals surface area (Å²) in [5, 5.41) is 4.68. The number of nitrogens with one attached hydrogen (secondary N) is 1. The third kappa shape index (κ3) is 4.05. The third-order valence-electron chi connectivity index (χ3n) is 4.85. The Balaban J connectivity index is 1.74. The van der Waals surface area contributed by atoms with Crippen LogP contribution in [-0.4, -0.2) is 16.4 Å². The molecule has 3 N–H and O–H groups in total. The number of nitrogens with two attached hydrogens (primary N) is 1. The lowest BCUT2D eigenvalue weighted by molar-refractivity contribution is -0.128. The summed E-state index contributed by atoms with van der Waals surface area (Å²) in [6.45, 7) is 4.01. The number of hydrogen-bond donors (Lipinski definition) is 2. The number of aryl methyl sites for hydroxylation is 1. The van der Waals surface area contributed by atoms with Crippen LogP contribution in [0.25, 0.3) is 11.3 Å². The van der Waals surface area contributed by atoms with Gasteiger partial charge in [-0.1, -0.05) is 43.0 Å². The molecule has 0 aliphatic heterocycles. The topological polar surface area (TPSA) is 68.0 Å². The van der Waals surface area contributed by atoms with E-state index in [0.717, 1.165) is 53.2 Å². The van der Waals surface area contributed by atoms with Gasteiger partial charge in [-0.05, 0) is 38.8 Å². The Hall–Kier alpha value is -1.43. The number of carbonyl (C=O) groups excluding carboxylic acids is 1. The van der Waals surface area contributed by atoms with Crippen LogP contribution in [0.15, 0.2) is 24.3 Å². The van der Waals surface area contributed by atoms with Crippen molar-refractivity contribution in [3.63, 3.8) is 0 Å². The number of halogens is 1. The number of aromatic nitrogens is 1. The summed E-state index contributed by atoms with van der Waals surface area (Å²) >= 11 is 7.57.